The van der Waals surface area contributed by atoms with Gasteiger partial charge < -0.3 is 14.8 Å². The van der Waals surface area contributed by atoms with E-state index in [1.807, 2.05) is 6.92 Å². The average Bonchev–Trinajstić information content (AvgIpc) is 2.90. The number of hydrogen-bond acceptors (Lipinski definition) is 4. The first-order valence-corrected chi connectivity index (χ1v) is 5.24. The number of carbonyl (C=O) groups excluding carboxylic acids is 2. The Morgan fingerprint density at radius 3 is 2.67 bits per heavy atom. The number of amides is 1. The number of nitrogens with one attached hydrogen (secondary N) is 1. The fourth-order valence-electron chi connectivity index (χ4n) is 1.24. The summed E-state index contributed by atoms with van der Waals surface area (Å²) in [5, 5.41) is 2.70. The Balaban J connectivity index is 1.97. The van der Waals surface area contributed by atoms with Gasteiger partial charge in [0.25, 0.3) is 5.91 Å². The second-order valence-electron chi connectivity index (χ2n) is 3.46. The molecule has 1 aliphatic heterocycles. The van der Waals surface area contributed by atoms with E-state index in [4.69, 9.17) is 9.47 Å². The first-order valence-electron chi connectivity index (χ1n) is 5.24. The molecule has 0 unspecified atom stereocenters. The molecule has 0 spiro atoms. The standard InChI is InChI=1S/C10H17NO4/c1-3-14-8(12)5-4-6-11-10(13)9-7(2)15-9/h7,9H,3-6H2,1-2H3,(H,11,13)/t7-,9+/m0/s1. The second-order valence-corrected chi connectivity index (χ2v) is 3.46. The van der Waals surface area contributed by atoms with Crippen LogP contribution in [0.25, 0.3) is 0 Å². The van der Waals surface area contributed by atoms with Crippen LogP contribution in [0.15, 0.2) is 0 Å². The Hall–Kier alpha value is -1.10. The van der Waals surface area contributed by atoms with E-state index in [-0.39, 0.29) is 24.1 Å². The van der Waals surface area contributed by atoms with Gasteiger partial charge in [-0.05, 0) is 20.3 Å². The third-order valence-corrected chi connectivity index (χ3v) is 2.13. The van der Waals surface area contributed by atoms with Crippen LogP contribution in [0.3, 0.4) is 0 Å². The van der Waals surface area contributed by atoms with Crippen LogP contribution in [0.5, 0.6) is 0 Å². The summed E-state index contributed by atoms with van der Waals surface area (Å²) in [6, 6.07) is 0. The molecule has 15 heavy (non-hydrogen) atoms. The fourth-order valence-corrected chi connectivity index (χ4v) is 1.24. The highest BCUT2D eigenvalue weighted by molar-refractivity contribution is 5.83. The molecule has 0 aromatic rings. The Morgan fingerprint density at radius 1 is 1.47 bits per heavy atom. The molecular formula is C10H17NO4. The van der Waals surface area contributed by atoms with Crippen molar-refractivity contribution in [2.24, 2.45) is 0 Å². The number of epoxide rings is 1. The molecule has 86 valence electrons. The van der Waals surface area contributed by atoms with Crippen molar-refractivity contribution in [1.29, 1.82) is 0 Å². The highest BCUT2D eigenvalue weighted by atomic mass is 16.6. The van der Waals surface area contributed by atoms with Gasteiger partial charge >= 0.3 is 5.97 Å². The lowest BCUT2D eigenvalue weighted by atomic mass is 10.3. The van der Waals surface area contributed by atoms with Gasteiger partial charge in [0.1, 0.15) is 0 Å². The summed E-state index contributed by atoms with van der Waals surface area (Å²) < 4.78 is 9.74. The lowest BCUT2D eigenvalue weighted by Crippen LogP contribution is -2.29. The molecule has 1 saturated heterocycles. The van der Waals surface area contributed by atoms with Gasteiger partial charge in [0, 0.05) is 13.0 Å². The maximum absolute atomic E-state index is 11.2. The van der Waals surface area contributed by atoms with Crippen molar-refractivity contribution in [3.63, 3.8) is 0 Å². The van der Waals surface area contributed by atoms with Gasteiger partial charge in [-0.25, -0.2) is 0 Å². The summed E-state index contributed by atoms with van der Waals surface area (Å²) in [6.45, 7) is 4.51. The van der Waals surface area contributed by atoms with Crippen molar-refractivity contribution in [2.75, 3.05) is 13.2 Å². The molecule has 0 radical (unpaired) electrons. The van der Waals surface area contributed by atoms with Crippen LogP contribution in [0.2, 0.25) is 0 Å². The highest BCUT2D eigenvalue weighted by Crippen LogP contribution is 2.20. The Morgan fingerprint density at radius 2 is 2.13 bits per heavy atom. The fraction of sp³-hybridized carbons (Fsp3) is 0.800. The molecule has 1 aliphatic rings. The SMILES string of the molecule is CCOC(=O)CCCNC(=O)[C@@H]1O[C@H]1C. The minimum Gasteiger partial charge on any atom is -0.466 e. The molecule has 5 heteroatoms. The van der Waals surface area contributed by atoms with Crippen LogP contribution < -0.4 is 5.32 Å². The minimum atomic E-state index is -0.285. The van der Waals surface area contributed by atoms with Crippen molar-refractivity contribution >= 4 is 11.9 Å². The molecule has 0 aliphatic carbocycles. The molecular weight excluding hydrogens is 198 g/mol. The monoisotopic (exact) mass is 215 g/mol. The molecule has 1 fully saturated rings. The van der Waals surface area contributed by atoms with Crippen LogP contribution in [0.4, 0.5) is 0 Å². The van der Waals surface area contributed by atoms with Gasteiger partial charge in [-0.1, -0.05) is 0 Å². The van der Waals surface area contributed by atoms with E-state index in [1.165, 1.54) is 0 Å². The molecule has 1 rings (SSSR count). The van der Waals surface area contributed by atoms with E-state index in [9.17, 15) is 9.59 Å². The minimum absolute atomic E-state index is 0.0371. The van der Waals surface area contributed by atoms with Crippen molar-refractivity contribution in [2.45, 2.75) is 38.9 Å². The zero-order valence-corrected chi connectivity index (χ0v) is 9.12. The van der Waals surface area contributed by atoms with Crippen molar-refractivity contribution < 1.29 is 19.1 Å². The van der Waals surface area contributed by atoms with Gasteiger partial charge in [0.15, 0.2) is 6.10 Å². The molecule has 1 heterocycles. The van der Waals surface area contributed by atoms with Crippen LogP contribution in [-0.2, 0) is 19.1 Å². The molecule has 0 aromatic carbocycles. The molecule has 1 amide bonds. The maximum Gasteiger partial charge on any atom is 0.305 e. The van der Waals surface area contributed by atoms with Crippen LogP contribution in [0, 0.1) is 0 Å². The molecule has 0 bridgehead atoms. The Labute approximate surface area is 89.1 Å². The maximum atomic E-state index is 11.2. The zero-order chi connectivity index (χ0) is 11.3. The first-order chi connectivity index (χ1) is 7.15. The number of hydrogen-bond donors (Lipinski definition) is 1. The second kappa shape index (κ2) is 5.70. The van der Waals surface area contributed by atoms with E-state index in [0.717, 1.165) is 0 Å². The quantitative estimate of drug-likeness (QED) is 0.391. The summed E-state index contributed by atoms with van der Waals surface area (Å²) >= 11 is 0. The third kappa shape index (κ3) is 4.29. The number of carbonyl (C=O) groups is 2. The van der Waals surface area contributed by atoms with E-state index in [2.05, 4.69) is 5.32 Å². The normalized spacial score (nSPS) is 23.3. The predicted molar refractivity (Wildman–Crippen MR) is 53.2 cm³/mol. The lowest BCUT2D eigenvalue weighted by Gasteiger charge is -2.03. The van der Waals surface area contributed by atoms with Gasteiger partial charge in [-0.3, -0.25) is 9.59 Å². The molecule has 0 aromatic heterocycles. The van der Waals surface area contributed by atoms with Crippen LogP contribution >= 0.6 is 0 Å². The summed E-state index contributed by atoms with van der Waals surface area (Å²) in [4.78, 5) is 22.2. The molecule has 0 saturated carbocycles. The molecule has 1 N–H and O–H groups in total. The van der Waals surface area contributed by atoms with Crippen LogP contribution in [0.1, 0.15) is 26.7 Å². The molecule has 5 nitrogen and oxygen atoms in total. The zero-order valence-electron chi connectivity index (χ0n) is 9.12. The average molecular weight is 215 g/mol. The summed E-state index contributed by atoms with van der Waals surface area (Å²) in [6.07, 6.45) is 0.698. The summed E-state index contributed by atoms with van der Waals surface area (Å²) in [7, 11) is 0. The van der Waals surface area contributed by atoms with E-state index < -0.39 is 0 Å². The highest BCUT2D eigenvalue weighted by Gasteiger charge is 2.40. The van der Waals surface area contributed by atoms with Gasteiger partial charge in [0.2, 0.25) is 0 Å². The lowest BCUT2D eigenvalue weighted by molar-refractivity contribution is -0.143. The van der Waals surface area contributed by atoms with Crippen LogP contribution in [-0.4, -0.2) is 37.2 Å². The smallest absolute Gasteiger partial charge is 0.305 e. The van der Waals surface area contributed by atoms with Crippen molar-refractivity contribution in [1.82, 2.24) is 5.32 Å². The number of esters is 1. The van der Waals surface area contributed by atoms with Crippen molar-refractivity contribution in [3.8, 4) is 0 Å². The first kappa shape index (κ1) is 12.0. The van der Waals surface area contributed by atoms with E-state index in [1.54, 1.807) is 6.92 Å². The predicted octanol–water partition coefficient (Wildman–Crippen LogP) is 0.233. The van der Waals surface area contributed by atoms with Gasteiger partial charge in [-0.2, -0.15) is 0 Å². The topological polar surface area (TPSA) is 67.9 Å². The summed E-state index contributed by atoms with van der Waals surface area (Å²) in [5.41, 5.74) is 0. The Bertz CT molecular complexity index is 242. The number of ether oxygens (including phenoxy) is 2. The van der Waals surface area contributed by atoms with Gasteiger partial charge in [-0.15, -0.1) is 0 Å². The summed E-state index contributed by atoms with van der Waals surface area (Å²) in [5.74, 6) is -0.311. The largest absolute Gasteiger partial charge is 0.466 e. The van der Waals surface area contributed by atoms with Crippen molar-refractivity contribution in [3.05, 3.63) is 0 Å². The van der Waals surface area contributed by atoms with E-state index >= 15 is 0 Å². The molecule has 2 atom stereocenters. The van der Waals surface area contributed by atoms with Gasteiger partial charge in [0.05, 0.1) is 12.7 Å². The van der Waals surface area contributed by atoms with E-state index in [0.29, 0.717) is 26.0 Å². The Kier molecular flexibility index (Phi) is 4.55. The third-order valence-electron chi connectivity index (χ3n) is 2.13. The number of rotatable bonds is 6.